The van der Waals surface area contributed by atoms with Gasteiger partial charge in [-0.25, -0.2) is 22.9 Å². The molecule has 446 valence electrons. The molecular weight excluding hydrogens is 1100 g/mol. The number of aliphatic hydroxyl groups is 2. The van der Waals surface area contributed by atoms with Crippen molar-refractivity contribution in [3.8, 4) is 17.2 Å². The van der Waals surface area contributed by atoms with E-state index in [0.717, 1.165) is 35.2 Å². The molecule has 7 heterocycles. The van der Waals surface area contributed by atoms with Crippen LogP contribution in [-0.4, -0.2) is 158 Å². The number of fused-ring (bicyclic) bond motifs is 15. The second-order valence-electron chi connectivity index (χ2n) is 22.2. The number of rotatable bonds is 7. The van der Waals surface area contributed by atoms with Crippen LogP contribution in [0.5, 0.6) is 11.5 Å². The number of allylic oxidation sites excluding steroid dienone is 4. The van der Waals surface area contributed by atoms with Crippen LogP contribution in [0.3, 0.4) is 0 Å². The smallest absolute Gasteiger partial charge is 0.341 e. The number of carboxylic acid groups (broad SMARTS) is 1. The summed E-state index contributed by atoms with van der Waals surface area (Å²) in [4.78, 5) is 107. The van der Waals surface area contributed by atoms with Gasteiger partial charge in [-0.2, -0.15) is 0 Å². The van der Waals surface area contributed by atoms with Crippen LogP contribution in [0.4, 0.5) is 19.0 Å². The van der Waals surface area contributed by atoms with Crippen LogP contribution in [0.1, 0.15) is 102 Å². The number of halogens is 3. The Morgan fingerprint density at radius 3 is 2.21 bits per heavy atom. The van der Waals surface area contributed by atoms with Crippen molar-refractivity contribution in [1.82, 2.24) is 24.7 Å². The molecule has 0 saturated carbocycles. The molecule has 0 radical (unpaired) electrons. The van der Waals surface area contributed by atoms with E-state index >= 15 is 18.4 Å². The number of anilines is 1. The van der Waals surface area contributed by atoms with Crippen molar-refractivity contribution in [2.24, 2.45) is 23.7 Å². The molecule has 1 aliphatic carbocycles. The summed E-state index contributed by atoms with van der Waals surface area (Å²) in [5, 5.41) is 47.0. The highest BCUT2D eigenvalue weighted by molar-refractivity contribution is 6.32. The van der Waals surface area contributed by atoms with E-state index in [9.17, 15) is 48.8 Å². The second-order valence-corrected chi connectivity index (χ2v) is 22.2. The Bertz CT molecular complexity index is 3610. The van der Waals surface area contributed by atoms with Crippen molar-refractivity contribution in [3.05, 3.63) is 133 Å². The van der Waals surface area contributed by atoms with Crippen LogP contribution < -0.4 is 20.4 Å². The zero-order valence-corrected chi connectivity index (χ0v) is 47.6. The van der Waals surface area contributed by atoms with Gasteiger partial charge in [0.25, 0.3) is 11.7 Å². The van der Waals surface area contributed by atoms with Crippen LogP contribution in [0, 0.1) is 48.0 Å². The average molecular weight is 1170 g/mol. The first-order valence-electron chi connectivity index (χ1n) is 27.4. The van der Waals surface area contributed by atoms with E-state index in [4.69, 9.17) is 18.9 Å². The highest BCUT2D eigenvalue weighted by Crippen LogP contribution is 2.49. The number of nitrogens with zero attached hydrogens (tertiary/aromatic N) is 5. The molecule has 1 unspecified atom stereocenters. The maximum atomic E-state index is 16.1. The molecule has 10 rings (SSSR count). The summed E-state index contributed by atoms with van der Waals surface area (Å²) in [5.74, 6) is -15.0. The van der Waals surface area contributed by atoms with Crippen molar-refractivity contribution in [1.29, 1.82) is 0 Å². The lowest BCUT2D eigenvalue weighted by Crippen LogP contribution is -2.53. The maximum absolute atomic E-state index is 16.1. The van der Waals surface area contributed by atoms with E-state index in [-0.39, 0.29) is 90.6 Å². The molecule has 0 spiro atoms. The number of phenolic OH excluding ortho intramolecular Hbond substituents is 1. The van der Waals surface area contributed by atoms with Crippen molar-refractivity contribution in [3.63, 3.8) is 0 Å². The number of benzene rings is 2. The number of ether oxygens (including phenoxy) is 4. The summed E-state index contributed by atoms with van der Waals surface area (Å²) in [6, 6.07) is 3.09. The number of phenols is 1. The Kier molecular flexibility index (Phi) is 16.9. The number of esters is 1. The number of nitrogens with one attached hydrogen (secondary N) is 1. The topological polar surface area (TPSA) is 277 Å². The van der Waals surface area contributed by atoms with Gasteiger partial charge < -0.3 is 54.5 Å². The van der Waals surface area contributed by atoms with Gasteiger partial charge in [-0.3, -0.25) is 38.2 Å². The van der Waals surface area contributed by atoms with Crippen LogP contribution >= 0.6 is 0 Å². The van der Waals surface area contributed by atoms with Gasteiger partial charge in [0.15, 0.2) is 17.3 Å². The number of carboxylic acids is 1. The fourth-order valence-electron chi connectivity index (χ4n) is 12.0. The number of amides is 1. The Labute approximate surface area is 480 Å². The molecule has 5 aliphatic heterocycles. The van der Waals surface area contributed by atoms with Gasteiger partial charge in [0.1, 0.15) is 46.2 Å². The molecule has 6 aliphatic rings. The largest absolute Gasteiger partial charge is 0.507 e. The summed E-state index contributed by atoms with van der Waals surface area (Å²) in [6.07, 6.45) is 4.22. The number of aliphatic hydroxyl groups excluding tert-OH is 2. The van der Waals surface area contributed by atoms with Gasteiger partial charge in [0, 0.05) is 113 Å². The molecule has 2 aromatic heterocycles. The Hall–Kier alpha value is -8.19. The van der Waals surface area contributed by atoms with E-state index < -0.39 is 145 Å². The van der Waals surface area contributed by atoms with Gasteiger partial charge >= 0.3 is 17.7 Å². The molecular formula is C60H65F3N6O15. The quantitative estimate of drug-likeness (QED) is 0.139. The van der Waals surface area contributed by atoms with Crippen molar-refractivity contribution in [2.45, 2.75) is 98.1 Å². The summed E-state index contributed by atoms with van der Waals surface area (Å²) in [6.45, 7) is 13.1. The third-order valence-corrected chi connectivity index (χ3v) is 16.9. The summed E-state index contributed by atoms with van der Waals surface area (Å²) in [5.41, 5.74) is -4.68. The van der Waals surface area contributed by atoms with E-state index in [1.807, 2.05) is 0 Å². The Balaban J connectivity index is 1.05. The number of aromatic carboxylic acids is 1. The van der Waals surface area contributed by atoms with Crippen molar-refractivity contribution < 1.29 is 81.3 Å². The van der Waals surface area contributed by atoms with Crippen LogP contribution in [0.2, 0.25) is 0 Å². The molecule has 4 aromatic rings. The van der Waals surface area contributed by atoms with Crippen molar-refractivity contribution >= 4 is 52.0 Å². The minimum atomic E-state index is -2.20. The van der Waals surface area contributed by atoms with Gasteiger partial charge in [-0.1, -0.05) is 45.9 Å². The number of aromatic hydroxyl groups is 1. The molecule has 5 bridgehead atoms. The maximum Gasteiger partial charge on any atom is 0.341 e. The Morgan fingerprint density at radius 1 is 0.857 bits per heavy atom. The summed E-state index contributed by atoms with van der Waals surface area (Å²) >= 11 is 0. The summed E-state index contributed by atoms with van der Waals surface area (Å²) < 4.78 is 70.1. The molecule has 2 fully saturated rings. The number of piperazine rings is 1. The monoisotopic (exact) mass is 1170 g/mol. The predicted molar refractivity (Wildman–Crippen MR) is 296 cm³/mol. The first-order valence-corrected chi connectivity index (χ1v) is 27.4. The van der Waals surface area contributed by atoms with Gasteiger partial charge in [-0.15, -0.1) is 0 Å². The number of carbonyl (C=O) groups is 6. The molecule has 5 N–H and O–H groups in total. The van der Waals surface area contributed by atoms with Crippen LogP contribution in [-0.2, 0) is 23.8 Å². The number of ketones is 3. The molecule has 84 heavy (non-hydrogen) atoms. The minimum absolute atomic E-state index is 0.0515. The molecule has 24 heteroatoms. The fourth-order valence-corrected chi connectivity index (χ4v) is 12.0. The lowest BCUT2D eigenvalue weighted by Gasteiger charge is -2.41. The molecule has 21 nitrogen and oxygen atoms in total. The highest BCUT2D eigenvalue weighted by Gasteiger charge is 2.53. The van der Waals surface area contributed by atoms with Crippen molar-refractivity contribution in [2.75, 3.05) is 51.3 Å². The first kappa shape index (κ1) is 60.4. The van der Waals surface area contributed by atoms with Crippen LogP contribution in [0.15, 0.2) is 82.8 Å². The number of Topliss-reactive ketones (excluding diaryl/α,β-unsaturated/α-hetero) is 3. The second kappa shape index (κ2) is 23.5. The standard InChI is InChI=1S/C60H65F3N6O15/c1-27-11-10-12-28(2)58(78)64-45-46(67-20-18-66(19-21-67)35-15-17-68(25-35)57-39(63)24-36-50(74)37(59(79)80)26-69(56(36)65-57)40-14-13-34(61)23-38(40)62)52(76)42-43(51(45)75)49(73)32(6)54-44(42)55(77)60(8,84-54)82-22-16-41(81-9)29(3)53(83-33(7)70)31(5)48(72)30(4)47(27)71/h10-14,16,22-24,26-27,29-31,35,41,47-48,53,71-73H,15,17-21,25H2,1-9H3,(H,64,78)(H,79,80)/b11-10+,22-16+,28-12-/t27-,29+,30+,31+,35?,41-,47-,48+,53+,60-/m0/s1. The number of hydrogen-bond donors (Lipinski definition) is 5. The van der Waals surface area contributed by atoms with Gasteiger partial charge in [0.2, 0.25) is 17.0 Å². The zero-order valence-electron chi connectivity index (χ0n) is 47.6. The number of carbonyl (C=O) groups excluding carboxylic acids is 5. The molecule has 2 saturated heterocycles. The first-order chi connectivity index (χ1) is 39.7. The van der Waals surface area contributed by atoms with E-state index in [1.54, 1.807) is 43.6 Å². The fraction of sp³-hybridized carbons (Fsp3) is 0.433. The predicted octanol–water partition coefficient (Wildman–Crippen LogP) is 5.67. The van der Waals surface area contributed by atoms with Gasteiger partial charge in [0.05, 0.1) is 52.3 Å². The number of aromatic nitrogens is 2. The Morgan fingerprint density at radius 2 is 1.56 bits per heavy atom. The molecule has 2 aromatic carbocycles. The zero-order chi connectivity index (χ0) is 61.1. The lowest BCUT2D eigenvalue weighted by molar-refractivity contribution is -0.160. The van der Waals surface area contributed by atoms with E-state index in [2.05, 4.69) is 15.2 Å². The lowest BCUT2D eigenvalue weighted by atomic mass is 9.78. The SMILES string of the molecule is CO[C@H]1/C=C/O[C@@]2(C)Oc3c(C)c(O)c4c(c3C2=O)C(=O)C(N2CCN(C3CCN(c5nc6c(cc5F)c(=O)c(C(=O)O)cn6-c5ccc(F)cc5F)C3)CC2)=C(NC(=O)/C(C)=C\C=C\[C@H](C)[C@H](O)[C@@H](C)[C@@H](O)[C@@H](C)[C@H](OC(C)=O)[C@@H]1C)C4=O. The third-order valence-electron chi connectivity index (χ3n) is 16.9. The summed E-state index contributed by atoms with van der Waals surface area (Å²) in [7, 11) is 1.39. The third kappa shape index (κ3) is 10.9. The average Bonchev–Trinajstić information content (AvgIpc) is 1.53. The van der Waals surface area contributed by atoms with E-state index in [0.29, 0.717) is 12.5 Å². The number of hydrogen-bond acceptors (Lipinski definition) is 18. The normalized spacial score (nSPS) is 28.6. The van der Waals surface area contributed by atoms with Crippen LogP contribution in [0.25, 0.3) is 16.7 Å². The number of methoxy groups -OCH3 is 1. The highest BCUT2D eigenvalue weighted by atomic mass is 19.1. The van der Waals surface area contributed by atoms with E-state index in [1.165, 1.54) is 53.0 Å². The van der Waals surface area contributed by atoms with Gasteiger partial charge in [-0.05, 0) is 44.5 Å². The number of pyridine rings is 2. The minimum Gasteiger partial charge on any atom is -0.507 e. The molecule has 1 amide bonds. The molecule has 10 atom stereocenters.